The van der Waals surface area contributed by atoms with Gasteiger partial charge in [-0.25, -0.2) is 4.98 Å². The maximum atomic E-state index is 13.1. The molecule has 2 atom stereocenters. The van der Waals surface area contributed by atoms with Crippen LogP contribution in [0, 0.1) is 11.3 Å². The first-order valence-corrected chi connectivity index (χ1v) is 8.26. The molecule has 3 aromatic rings. The molecule has 6 nitrogen and oxygen atoms in total. The van der Waals surface area contributed by atoms with Crippen molar-refractivity contribution < 1.29 is 14.0 Å². The van der Waals surface area contributed by atoms with Crippen molar-refractivity contribution in [1.29, 1.82) is 5.26 Å². The lowest BCUT2D eigenvalue weighted by Crippen LogP contribution is -2.43. The first-order valence-electron chi connectivity index (χ1n) is 8.26. The van der Waals surface area contributed by atoms with Gasteiger partial charge in [-0.2, -0.15) is 5.26 Å². The number of aromatic nitrogens is 1. The normalized spacial score (nSPS) is 16.9. The number of carbonyl (C=O) groups is 2. The molecule has 1 aliphatic rings. The van der Waals surface area contributed by atoms with Gasteiger partial charge in [-0.05, 0) is 23.8 Å². The van der Waals surface area contributed by atoms with E-state index in [0.29, 0.717) is 23.2 Å². The Morgan fingerprint density at radius 3 is 2.69 bits per heavy atom. The van der Waals surface area contributed by atoms with Crippen molar-refractivity contribution in [1.82, 2.24) is 4.98 Å². The van der Waals surface area contributed by atoms with Crippen LogP contribution >= 0.6 is 0 Å². The number of anilines is 1. The van der Waals surface area contributed by atoms with Gasteiger partial charge in [0.2, 0.25) is 11.8 Å². The van der Waals surface area contributed by atoms with Gasteiger partial charge in [-0.1, -0.05) is 30.3 Å². The van der Waals surface area contributed by atoms with Gasteiger partial charge in [-0.15, -0.1) is 0 Å². The Balaban J connectivity index is 1.71. The van der Waals surface area contributed by atoms with Gasteiger partial charge in [0.1, 0.15) is 11.6 Å². The molecule has 0 unspecified atom stereocenters. The van der Waals surface area contributed by atoms with Crippen LogP contribution < -0.4 is 4.90 Å². The standard InChI is InChI=1S/C20H15N3O3/c1-12(24)23-16-8-4-2-6-13(16)10-17(23)19(25)14(11-21)20-22-15-7-3-5-9-18(15)26-20/h2-9,14,17H,10H2,1H3/t14-,17+/m1/s1. The van der Waals surface area contributed by atoms with Gasteiger partial charge in [-0.3, -0.25) is 9.59 Å². The highest BCUT2D eigenvalue weighted by molar-refractivity contribution is 6.05. The molecule has 1 amide bonds. The van der Waals surface area contributed by atoms with Crippen molar-refractivity contribution >= 4 is 28.5 Å². The first kappa shape index (κ1) is 16.0. The number of hydrogen-bond donors (Lipinski definition) is 0. The molecule has 0 aliphatic carbocycles. The van der Waals surface area contributed by atoms with E-state index in [1.54, 1.807) is 18.2 Å². The average Bonchev–Trinajstić information content (AvgIpc) is 3.23. The monoisotopic (exact) mass is 345 g/mol. The van der Waals surface area contributed by atoms with Crippen LogP contribution in [0.5, 0.6) is 0 Å². The average molecular weight is 345 g/mol. The quantitative estimate of drug-likeness (QED) is 0.728. The van der Waals surface area contributed by atoms with E-state index in [1.165, 1.54) is 11.8 Å². The predicted molar refractivity (Wildman–Crippen MR) is 94.5 cm³/mol. The zero-order chi connectivity index (χ0) is 18.3. The van der Waals surface area contributed by atoms with Gasteiger partial charge in [0, 0.05) is 19.0 Å². The van der Waals surface area contributed by atoms with E-state index in [1.807, 2.05) is 36.4 Å². The van der Waals surface area contributed by atoms with E-state index in [-0.39, 0.29) is 17.6 Å². The molecule has 0 N–H and O–H groups in total. The fourth-order valence-electron chi connectivity index (χ4n) is 3.45. The Bertz CT molecular complexity index is 1030. The van der Waals surface area contributed by atoms with E-state index in [2.05, 4.69) is 4.98 Å². The highest BCUT2D eigenvalue weighted by Gasteiger charge is 2.41. The van der Waals surface area contributed by atoms with Crippen LogP contribution in [0.15, 0.2) is 52.9 Å². The molecule has 0 radical (unpaired) electrons. The van der Waals surface area contributed by atoms with Crippen LogP contribution in [0.25, 0.3) is 11.1 Å². The lowest BCUT2D eigenvalue weighted by atomic mass is 9.96. The largest absolute Gasteiger partial charge is 0.439 e. The van der Waals surface area contributed by atoms with Crippen LogP contribution in [0.4, 0.5) is 5.69 Å². The van der Waals surface area contributed by atoms with Crippen molar-refractivity contribution in [3.05, 3.63) is 60.0 Å². The second-order valence-electron chi connectivity index (χ2n) is 6.22. The Kier molecular flexibility index (Phi) is 3.77. The fourth-order valence-corrected chi connectivity index (χ4v) is 3.45. The van der Waals surface area contributed by atoms with Crippen LogP contribution in [0.2, 0.25) is 0 Å². The number of amides is 1. The van der Waals surface area contributed by atoms with Gasteiger partial charge >= 0.3 is 0 Å². The maximum Gasteiger partial charge on any atom is 0.224 e. The van der Waals surface area contributed by atoms with Crippen LogP contribution in [0.1, 0.15) is 24.3 Å². The summed E-state index contributed by atoms with van der Waals surface area (Å²) in [5.41, 5.74) is 2.74. The number of nitriles is 1. The summed E-state index contributed by atoms with van der Waals surface area (Å²) in [6, 6.07) is 15.8. The molecular weight excluding hydrogens is 330 g/mol. The number of Topliss-reactive ketones (excluding diaryl/α,β-unsaturated/α-hetero) is 1. The number of rotatable bonds is 3. The van der Waals surface area contributed by atoms with Crippen molar-refractivity contribution in [2.75, 3.05) is 4.90 Å². The van der Waals surface area contributed by atoms with E-state index in [4.69, 9.17) is 4.42 Å². The smallest absolute Gasteiger partial charge is 0.224 e. The number of ketones is 1. The molecule has 0 fully saturated rings. The fraction of sp³-hybridized carbons (Fsp3) is 0.200. The first-order chi connectivity index (χ1) is 12.6. The molecule has 128 valence electrons. The minimum atomic E-state index is -1.16. The van der Waals surface area contributed by atoms with E-state index >= 15 is 0 Å². The van der Waals surface area contributed by atoms with E-state index < -0.39 is 12.0 Å². The second-order valence-corrected chi connectivity index (χ2v) is 6.22. The Labute approximate surface area is 149 Å². The number of benzene rings is 2. The Morgan fingerprint density at radius 1 is 1.23 bits per heavy atom. The van der Waals surface area contributed by atoms with E-state index in [0.717, 1.165) is 5.56 Å². The SMILES string of the molecule is CC(=O)N1c2ccccc2C[C@H]1C(=O)[C@@H](C#N)c1nc2ccccc2o1. The van der Waals surface area contributed by atoms with Crippen LogP contribution in [0.3, 0.4) is 0 Å². The zero-order valence-corrected chi connectivity index (χ0v) is 14.0. The third kappa shape index (κ3) is 2.45. The van der Waals surface area contributed by atoms with Gasteiger partial charge in [0.05, 0.1) is 6.07 Å². The minimum Gasteiger partial charge on any atom is -0.439 e. The summed E-state index contributed by atoms with van der Waals surface area (Å²) in [6.07, 6.45) is 0.382. The van der Waals surface area contributed by atoms with Crippen LogP contribution in [-0.4, -0.2) is 22.7 Å². The molecule has 4 rings (SSSR count). The summed E-state index contributed by atoms with van der Waals surface area (Å²) < 4.78 is 5.62. The summed E-state index contributed by atoms with van der Waals surface area (Å²) >= 11 is 0. The Hall–Kier alpha value is -3.46. The zero-order valence-electron chi connectivity index (χ0n) is 14.0. The number of carbonyl (C=O) groups excluding carboxylic acids is 2. The lowest BCUT2D eigenvalue weighted by molar-refractivity contribution is -0.124. The number of oxazole rings is 1. The van der Waals surface area contributed by atoms with Crippen molar-refractivity contribution in [3.8, 4) is 6.07 Å². The third-order valence-corrected chi connectivity index (χ3v) is 4.61. The maximum absolute atomic E-state index is 13.1. The number of para-hydroxylation sites is 3. The molecule has 0 saturated heterocycles. The summed E-state index contributed by atoms with van der Waals surface area (Å²) in [7, 11) is 0. The van der Waals surface area contributed by atoms with Crippen molar-refractivity contribution in [3.63, 3.8) is 0 Å². The molecule has 26 heavy (non-hydrogen) atoms. The highest BCUT2D eigenvalue weighted by atomic mass is 16.3. The molecule has 0 saturated carbocycles. The number of hydrogen-bond acceptors (Lipinski definition) is 5. The van der Waals surface area contributed by atoms with Crippen molar-refractivity contribution in [2.24, 2.45) is 0 Å². The molecule has 0 bridgehead atoms. The van der Waals surface area contributed by atoms with Gasteiger partial charge in [0.25, 0.3) is 0 Å². The molecule has 2 aromatic carbocycles. The highest BCUT2D eigenvalue weighted by Crippen LogP contribution is 2.35. The molecule has 1 aliphatic heterocycles. The summed E-state index contributed by atoms with van der Waals surface area (Å²) in [4.78, 5) is 31.0. The topological polar surface area (TPSA) is 87.2 Å². The van der Waals surface area contributed by atoms with Crippen LogP contribution in [-0.2, 0) is 16.0 Å². The molecule has 6 heteroatoms. The summed E-state index contributed by atoms with van der Waals surface area (Å²) in [6.45, 7) is 1.42. The summed E-state index contributed by atoms with van der Waals surface area (Å²) in [5.74, 6) is -1.71. The molecule has 2 heterocycles. The number of nitrogens with zero attached hydrogens (tertiary/aromatic N) is 3. The molecular formula is C20H15N3O3. The van der Waals surface area contributed by atoms with Crippen molar-refractivity contribution in [2.45, 2.75) is 25.3 Å². The lowest BCUT2D eigenvalue weighted by Gasteiger charge is -2.24. The summed E-state index contributed by atoms with van der Waals surface area (Å²) in [5, 5.41) is 9.60. The van der Waals surface area contributed by atoms with E-state index in [9.17, 15) is 14.9 Å². The second kappa shape index (κ2) is 6.12. The van der Waals surface area contributed by atoms with Gasteiger partial charge in [0.15, 0.2) is 17.3 Å². The number of fused-ring (bicyclic) bond motifs is 2. The minimum absolute atomic E-state index is 0.0677. The molecule has 1 aromatic heterocycles. The molecule has 0 spiro atoms. The van der Waals surface area contributed by atoms with Gasteiger partial charge < -0.3 is 9.32 Å². The Morgan fingerprint density at radius 2 is 1.96 bits per heavy atom. The third-order valence-electron chi connectivity index (χ3n) is 4.61. The predicted octanol–water partition coefficient (Wildman–Crippen LogP) is 2.98.